The van der Waals surface area contributed by atoms with Crippen molar-refractivity contribution in [2.75, 3.05) is 18.4 Å². The lowest BCUT2D eigenvalue weighted by atomic mass is 10.3. The zero-order chi connectivity index (χ0) is 14.7. The van der Waals surface area contributed by atoms with Gasteiger partial charge in [0.1, 0.15) is 0 Å². The fourth-order valence-corrected chi connectivity index (χ4v) is 2.86. The van der Waals surface area contributed by atoms with Crippen molar-refractivity contribution < 1.29 is 0 Å². The lowest BCUT2D eigenvalue weighted by Crippen LogP contribution is -2.27. The van der Waals surface area contributed by atoms with E-state index in [0.29, 0.717) is 22.0 Å². The van der Waals surface area contributed by atoms with Gasteiger partial charge in [0.15, 0.2) is 0 Å². The molecule has 1 aliphatic heterocycles. The smallest absolute Gasteiger partial charge is 0.222 e. The van der Waals surface area contributed by atoms with Crippen LogP contribution in [0, 0.1) is 0 Å². The number of hydrogen-bond donors (Lipinski definition) is 1. The highest BCUT2D eigenvalue weighted by Gasteiger charge is 2.23. The van der Waals surface area contributed by atoms with Crippen molar-refractivity contribution in [3.8, 4) is 0 Å². The van der Waals surface area contributed by atoms with E-state index in [1.54, 1.807) is 30.7 Å². The summed E-state index contributed by atoms with van der Waals surface area (Å²) in [6, 6.07) is 3.88. The molecule has 110 valence electrons. The van der Waals surface area contributed by atoms with E-state index in [0.717, 1.165) is 31.7 Å². The number of hydrogen-bond acceptors (Lipinski definition) is 5. The molecular weight excluding hydrogens is 309 g/mol. The van der Waals surface area contributed by atoms with Crippen LogP contribution in [0.4, 0.5) is 5.95 Å². The van der Waals surface area contributed by atoms with E-state index in [9.17, 15) is 0 Å². The SMILES string of the molecule is Clc1cnc(CN2CCC(Nc3ncccn3)C2)c(Cl)c1. The lowest BCUT2D eigenvalue weighted by molar-refractivity contribution is 0.324. The van der Waals surface area contributed by atoms with Crippen LogP contribution in [0.1, 0.15) is 12.1 Å². The van der Waals surface area contributed by atoms with Gasteiger partial charge in [-0.2, -0.15) is 0 Å². The molecule has 1 atom stereocenters. The molecule has 5 nitrogen and oxygen atoms in total. The van der Waals surface area contributed by atoms with Gasteiger partial charge in [0.25, 0.3) is 0 Å². The lowest BCUT2D eigenvalue weighted by Gasteiger charge is -2.16. The molecule has 1 N–H and O–H groups in total. The van der Waals surface area contributed by atoms with E-state index >= 15 is 0 Å². The first kappa shape index (κ1) is 14.5. The van der Waals surface area contributed by atoms with Crippen molar-refractivity contribution in [1.29, 1.82) is 0 Å². The second-order valence-electron chi connectivity index (χ2n) is 5.02. The first-order valence-corrected chi connectivity index (χ1v) is 7.52. The molecule has 1 fully saturated rings. The van der Waals surface area contributed by atoms with Gasteiger partial charge in [0.2, 0.25) is 5.95 Å². The summed E-state index contributed by atoms with van der Waals surface area (Å²) < 4.78 is 0. The quantitative estimate of drug-likeness (QED) is 0.937. The number of anilines is 1. The first-order valence-electron chi connectivity index (χ1n) is 6.76. The molecule has 0 saturated carbocycles. The van der Waals surface area contributed by atoms with Gasteiger partial charge in [-0.15, -0.1) is 0 Å². The van der Waals surface area contributed by atoms with E-state index in [-0.39, 0.29) is 0 Å². The van der Waals surface area contributed by atoms with E-state index < -0.39 is 0 Å². The molecule has 3 heterocycles. The average molecular weight is 324 g/mol. The highest BCUT2D eigenvalue weighted by molar-refractivity contribution is 6.34. The van der Waals surface area contributed by atoms with Gasteiger partial charge in [-0.05, 0) is 18.6 Å². The molecule has 0 radical (unpaired) electrons. The molecule has 2 aromatic heterocycles. The summed E-state index contributed by atoms with van der Waals surface area (Å²) in [5.41, 5.74) is 0.859. The van der Waals surface area contributed by atoms with Gasteiger partial charge in [-0.1, -0.05) is 23.2 Å². The topological polar surface area (TPSA) is 53.9 Å². The van der Waals surface area contributed by atoms with Crippen molar-refractivity contribution in [2.45, 2.75) is 19.0 Å². The Balaban J connectivity index is 1.57. The number of pyridine rings is 1. The van der Waals surface area contributed by atoms with Gasteiger partial charge >= 0.3 is 0 Å². The van der Waals surface area contributed by atoms with E-state index in [2.05, 4.69) is 25.2 Å². The number of likely N-dealkylation sites (tertiary alicyclic amines) is 1. The Bertz CT molecular complexity index is 608. The fraction of sp³-hybridized carbons (Fsp3) is 0.357. The predicted molar refractivity (Wildman–Crippen MR) is 83.6 cm³/mol. The van der Waals surface area contributed by atoms with Crippen LogP contribution in [0.2, 0.25) is 10.0 Å². The third-order valence-corrected chi connectivity index (χ3v) is 3.96. The standard InChI is InChI=1S/C14H15Cl2N5/c15-10-6-12(16)13(19-7-10)9-21-5-2-11(8-21)20-14-17-3-1-4-18-14/h1,3-4,6-7,11H,2,5,8-9H2,(H,17,18,20). The summed E-state index contributed by atoms with van der Waals surface area (Å²) in [4.78, 5) is 15.0. The van der Waals surface area contributed by atoms with Crippen molar-refractivity contribution in [2.24, 2.45) is 0 Å². The van der Waals surface area contributed by atoms with Crippen LogP contribution in [0.15, 0.2) is 30.7 Å². The van der Waals surface area contributed by atoms with Gasteiger partial charge in [0, 0.05) is 44.3 Å². The normalized spacial score (nSPS) is 18.9. The van der Waals surface area contributed by atoms with Crippen molar-refractivity contribution >= 4 is 29.2 Å². The Morgan fingerprint density at radius 2 is 2.05 bits per heavy atom. The average Bonchev–Trinajstić information content (AvgIpc) is 2.90. The molecular formula is C14H15Cl2N5. The highest BCUT2D eigenvalue weighted by Crippen LogP contribution is 2.22. The maximum Gasteiger partial charge on any atom is 0.222 e. The van der Waals surface area contributed by atoms with Gasteiger partial charge in [0.05, 0.1) is 15.7 Å². The number of nitrogens with one attached hydrogen (secondary N) is 1. The van der Waals surface area contributed by atoms with Crippen LogP contribution in [0.25, 0.3) is 0 Å². The predicted octanol–water partition coefficient (Wildman–Crippen LogP) is 2.86. The van der Waals surface area contributed by atoms with Crippen LogP contribution in [-0.2, 0) is 6.54 Å². The highest BCUT2D eigenvalue weighted by atomic mass is 35.5. The molecule has 0 bridgehead atoms. The molecule has 0 amide bonds. The summed E-state index contributed by atoms with van der Waals surface area (Å²) in [7, 11) is 0. The minimum atomic E-state index is 0.346. The Hall–Kier alpha value is -1.43. The molecule has 1 saturated heterocycles. The molecule has 3 rings (SSSR count). The molecule has 7 heteroatoms. The molecule has 21 heavy (non-hydrogen) atoms. The number of rotatable bonds is 4. The Morgan fingerprint density at radius 1 is 1.24 bits per heavy atom. The minimum absolute atomic E-state index is 0.346. The summed E-state index contributed by atoms with van der Waals surface area (Å²) in [6.07, 6.45) is 6.15. The van der Waals surface area contributed by atoms with Crippen molar-refractivity contribution in [3.63, 3.8) is 0 Å². The number of halogens is 2. The van der Waals surface area contributed by atoms with Gasteiger partial charge in [-0.3, -0.25) is 9.88 Å². The van der Waals surface area contributed by atoms with E-state index in [4.69, 9.17) is 23.2 Å². The second kappa shape index (κ2) is 6.56. The van der Waals surface area contributed by atoms with Crippen molar-refractivity contribution in [1.82, 2.24) is 19.9 Å². The van der Waals surface area contributed by atoms with Crippen molar-refractivity contribution in [3.05, 3.63) is 46.5 Å². The summed E-state index contributed by atoms with van der Waals surface area (Å²) >= 11 is 12.0. The maximum absolute atomic E-state index is 6.16. The third kappa shape index (κ3) is 3.81. The zero-order valence-corrected chi connectivity index (χ0v) is 12.8. The maximum atomic E-state index is 6.16. The molecule has 0 aliphatic carbocycles. The second-order valence-corrected chi connectivity index (χ2v) is 5.86. The van der Waals surface area contributed by atoms with Gasteiger partial charge in [-0.25, -0.2) is 9.97 Å². The molecule has 0 aromatic carbocycles. The van der Waals surface area contributed by atoms with Crippen LogP contribution in [0.3, 0.4) is 0 Å². The van der Waals surface area contributed by atoms with Gasteiger partial charge < -0.3 is 5.32 Å². The first-order chi connectivity index (χ1) is 10.2. The molecule has 2 aromatic rings. The monoisotopic (exact) mass is 323 g/mol. The Labute approximate surface area is 133 Å². The van der Waals surface area contributed by atoms with Crippen LogP contribution in [0.5, 0.6) is 0 Å². The number of aromatic nitrogens is 3. The Morgan fingerprint density at radius 3 is 2.81 bits per heavy atom. The minimum Gasteiger partial charge on any atom is -0.350 e. The third-order valence-electron chi connectivity index (χ3n) is 3.43. The molecule has 0 spiro atoms. The summed E-state index contributed by atoms with van der Waals surface area (Å²) in [6.45, 7) is 2.63. The molecule has 1 aliphatic rings. The number of nitrogens with zero attached hydrogens (tertiary/aromatic N) is 4. The van der Waals surface area contributed by atoms with Crippen LogP contribution in [-0.4, -0.2) is 39.0 Å². The van der Waals surface area contributed by atoms with E-state index in [1.807, 2.05) is 0 Å². The summed E-state index contributed by atoms with van der Waals surface area (Å²) in [5.74, 6) is 0.673. The van der Waals surface area contributed by atoms with Crippen LogP contribution >= 0.6 is 23.2 Å². The van der Waals surface area contributed by atoms with Crippen LogP contribution < -0.4 is 5.32 Å². The Kier molecular flexibility index (Phi) is 4.53. The zero-order valence-electron chi connectivity index (χ0n) is 11.3. The summed E-state index contributed by atoms with van der Waals surface area (Å²) in [5, 5.41) is 4.52. The molecule has 1 unspecified atom stereocenters. The fourth-order valence-electron chi connectivity index (χ4n) is 2.42. The largest absolute Gasteiger partial charge is 0.350 e. The van der Waals surface area contributed by atoms with E-state index in [1.165, 1.54) is 0 Å².